The fourth-order valence-corrected chi connectivity index (χ4v) is 5.69. The zero-order valence-electron chi connectivity index (χ0n) is 11.5. The van der Waals surface area contributed by atoms with Crippen molar-refractivity contribution in [3.8, 4) is 0 Å². The van der Waals surface area contributed by atoms with E-state index in [0.29, 0.717) is 5.92 Å². The first kappa shape index (κ1) is 11.9. The van der Waals surface area contributed by atoms with E-state index in [4.69, 9.17) is 9.68 Å². The first-order chi connectivity index (χ1) is 9.24. The Hall–Kier alpha value is -0.870. The monoisotopic (exact) mass is 263 g/mol. The van der Waals surface area contributed by atoms with E-state index in [1.807, 2.05) is 0 Å². The minimum atomic E-state index is 0.0164. The van der Waals surface area contributed by atoms with Crippen LogP contribution in [0.25, 0.3) is 0 Å². The van der Waals surface area contributed by atoms with E-state index in [1.165, 1.54) is 27.1 Å². The molecule has 4 aliphatic carbocycles. The molecule has 4 heteroatoms. The van der Waals surface area contributed by atoms with Gasteiger partial charge in [0.15, 0.2) is 0 Å². The Kier molecular flexibility index (Phi) is 2.55. The Bertz CT molecular complexity index is 431. The molecule has 3 fully saturated rings. The standard InChI is InChI=1S/C15H21NO3/c1-18-16(19-2)15(17)12-7-10-6-11(12)14-9-4-3-8(5-9)13(10)14/h3-4,8-14H,5-7H2,1-2H3. The van der Waals surface area contributed by atoms with Gasteiger partial charge in [-0.05, 0) is 54.8 Å². The Labute approximate surface area is 113 Å². The van der Waals surface area contributed by atoms with Crippen LogP contribution in [-0.2, 0) is 14.5 Å². The van der Waals surface area contributed by atoms with Crippen molar-refractivity contribution in [3.63, 3.8) is 0 Å². The van der Waals surface area contributed by atoms with Gasteiger partial charge < -0.3 is 0 Å². The van der Waals surface area contributed by atoms with Crippen molar-refractivity contribution < 1.29 is 14.5 Å². The summed E-state index contributed by atoms with van der Waals surface area (Å²) in [7, 11) is 2.97. The summed E-state index contributed by atoms with van der Waals surface area (Å²) in [6.07, 6.45) is 8.44. The predicted octanol–water partition coefficient (Wildman–Crippen LogP) is 2.03. The second-order valence-electron chi connectivity index (χ2n) is 6.57. The average Bonchev–Trinajstić information content (AvgIpc) is 3.17. The van der Waals surface area contributed by atoms with Crippen molar-refractivity contribution in [2.24, 2.45) is 41.4 Å². The highest BCUT2D eigenvalue weighted by atomic mass is 16.9. The molecule has 0 saturated heterocycles. The molecule has 4 aliphatic rings. The lowest BCUT2D eigenvalue weighted by Gasteiger charge is -2.36. The maximum absolute atomic E-state index is 12.5. The largest absolute Gasteiger partial charge is 0.276 e. The van der Waals surface area contributed by atoms with Crippen LogP contribution in [0.4, 0.5) is 0 Å². The van der Waals surface area contributed by atoms with Crippen molar-refractivity contribution >= 4 is 5.91 Å². The topological polar surface area (TPSA) is 38.8 Å². The summed E-state index contributed by atoms with van der Waals surface area (Å²) in [5.74, 6) is 4.58. The highest BCUT2D eigenvalue weighted by Gasteiger charge is 2.62. The Morgan fingerprint density at radius 2 is 1.74 bits per heavy atom. The normalized spacial score (nSPS) is 48.8. The van der Waals surface area contributed by atoms with Gasteiger partial charge in [0.05, 0.1) is 14.2 Å². The van der Waals surface area contributed by atoms with Gasteiger partial charge in [0.2, 0.25) is 0 Å². The van der Waals surface area contributed by atoms with Crippen molar-refractivity contribution in [2.75, 3.05) is 14.2 Å². The minimum absolute atomic E-state index is 0.0164. The van der Waals surface area contributed by atoms with Gasteiger partial charge >= 0.3 is 0 Å². The first-order valence-electron chi connectivity index (χ1n) is 7.35. The fraction of sp³-hybridized carbons (Fsp3) is 0.800. The second kappa shape index (κ2) is 4.06. The highest BCUT2D eigenvalue weighted by molar-refractivity contribution is 5.78. The number of carbonyl (C=O) groups is 1. The molecule has 19 heavy (non-hydrogen) atoms. The fourth-order valence-electron chi connectivity index (χ4n) is 5.69. The third kappa shape index (κ3) is 1.44. The van der Waals surface area contributed by atoms with E-state index in [-0.39, 0.29) is 11.8 Å². The molecule has 104 valence electrons. The zero-order chi connectivity index (χ0) is 13.1. The molecule has 0 spiro atoms. The number of nitrogens with zero attached hydrogens (tertiary/aromatic N) is 1. The predicted molar refractivity (Wildman–Crippen MR) is 68.3 cm³/mol. The van der Waals surface area contributed by atoms with Gasteiger partial charge in [0, 0.05) is 5.92 Å². The van der Waals surface area contributed by atoms with Crippen LogP contribution in [0, 0.1) is 41.4 Å². The molecule has 3 saturated carbocycles. The van der Waals surface area contributed by atoms with Crippen LogP contribution in [0.3, 0.4) is 0 Å². The minimum Gasteiger partial charge on any atom is -0.270 e. The molecular formula is C15H21NO3. The van der Waals surface area contributed by atoms with E-state index >= 15 is 0 Å². The number of amides is 1. The summed E-state index contributed by atoms with van der Waals surface area (Å²) < 4.78 is 0. The molecule has 0 N–H and O–H groups in total. The molecule has 4 bridgehead atoms. The smallest absolute Gasteiger partial charge is 0.270 e. The van der Waals surface area contributed by atoms with Gasteiger partial charge in [-0.25, -0.2) is 9.68 Å². The van der Waals surface area contributed by atoms with Gasteiger partial charge in [-0.3, -0.25) is 4.79 Å². The number of carbonyl (C=O) groups excluding carboxylic acids is 1. The molecule has 0 aliphatic heterocycles. The maximum Gasteiger partial charge on any atom is 0.276 e. The van der Waals surface area contributed by atoms with Crippen LogP contribution >= 0.6 is 0 Å². The van der Waals surface area contributed by atoms with E-state index in [0.717, 1.165) is 41.2 Å². The molecular weight excluding hydrogens is 242 g/mol. The number of fused-ring (bicyclic) bond motifs is 9. The van der Waals surface area contributed by atoms with Crippen LogP contribution in [-0.4, -0.2) is 25.4 Å². The van der Waals surface area contributed by atoms with E-state index < -0.39 is 0 Å². The summed E-state index contributed by atoms with van der Waals surface area (Å²) in [5, 5.41) is 1.06. The van der Waals surface area contributed by atoms with E-state index in [9.17, 15) is 4.79 Å². The van der Waals surface area contributed by atoms with Crippen molar-refractivity contribution in [1.82, 2.24) is 5.23 Å². The zero-order valence-corrected chi connectivity index (χ0v) is 11.5. The van der Waals surface area contributed by atoms with Crippen molar-refractivity contribution in [3.05, 3.63) is 12.2 Å². The lowest BCUT2D eigenvalue weighted by molar-refractivity contribution is -0.321. The first-order valence-corrected chi connectivity index (χ1v) is 7.35. The summed E-state index contributed by atoms with van der Waals surface area (Å²) in [5.41, 5.74) is 0. The molecule has 7 unspecified atom stereocenters. The number of hydrogen-bond acceptors (Lipinski definition) is 3. The molecule has 4 rings (SSSR count). The third-order valence-electron chi connectivity index (χ3n) is 6.10. The van der Waals surface area contributed by atoms with Crippen LogP contribution in [0.2, 0.25) is 0 Å². The molecule has 7 atom stereocenters. The molecule has 4 nitrogen and oxygen atoms in total. The van der Waals surface area contributed by atoms with Gasteiger partial charge in [0.1, 0.15) is 0 Å². The Balaban J connectivity index is 1.56. The molecule has 0 radical (unpaired) electrons. The molecule has 0 aromatic heterocycles. The number of hydrogen-bond donors (Lipinski definition) is 0. The van der Waals surface area contributed by atoms with E-state index in [1.54, 1.807) is 0 Å². The SMILES string of the molecule is CON(OC)C(=O)C1CC2CC1C1C3C=CC(C3)C21. The summed E-state index contributed by atoms with van der Waals surface area (Å²) in [4.78, 5) is 22.5. The lowest BCUT2D eigenvalue weighted by Crippen LogP contribution is -2.41. The van der Waals surface area contributed by atoms with Crippen molar-refractivity contribution in [2.45, 2.75) is 19.3 Å². The number of allylic oxidation sites excluding steroid dienone is 2. The van der Waals surface area contributed by atoms with E-state index in [2.05, 4.69) is 12.2 Å². The quantitative estimate of drug-likeness (QED) is 0.444. The Morgan fingerprint density at radius 1 is 1.05 bits per heavy atom. The lowest BCUT2D eigenvalue weighted by atomic mass is 9.69. The average molecular weight is 263 g/mol. The van der Waals surface area contributed by atoms with Crippen LogP contribution in [0.1, 0.15) is 19.3 Å². The Morgan fingerprint density at radius 3 is 2.42 bits per heavy atom. The summed E-state index contributed by atoms with van der Waals surface area (Å²) in [6.45, 7) is 0. The third-order valence-corrected chi connectivity index (χ3v) is 6.10. The molecule has 0 aromatic rings. The summed E-state index contributed by atoms with van der Waals surface area (Å²) in [6, 6.07) is 0. The molecule has 0 aromatic carbocycles. The van der Waals surface area contributed by atoms with Crippen LogP contribution in [0.5, 0.6) is 0 Å². The van der Waals surface area contributed by atoms with Crippen LogP contribution < -0.4 is 0 Å². The van der Waals surface area contributed by atoms with Crippen LogP contribution in [0.15, 0.2) is 12.2 Å². The van der Waals surface area contributed by atoms with Gasteiger partial charge in [-0.15, -0.1) is 0 Å². The second-order valence-corrected chi connectivity index (χ2v) is 6.57. The van der Waals surface area contributed by atoms with Crippen molar-refractivity contribution in [1.29, 1.82) is 0 Å². The van der Waals surface area contributed by atoms with Gasteiger partial charge in [-0.2, -0.15) is 0 Å². The summed E-state index contributed by atoms with van der Waals surface area (Å²) >= 11 is 0. The maximum atomic E-state index is 12.5. The molecule has 1 amide bonds. The molecule has 0 heterocycles. The highest BCUT2D eigenvalue weighted by Crippen LogP contribution is 2.67. The number of hydroxylamine groups is 2. The number of rotatable bonds is 3. The van der Waals surface area contributed by atoms with Gasteiger partial charge in [0.25, 0.3) is 5.91 Å². The van der Waals surface area contributed by atoms with Gasteiger partial charge in [-0.1, -0.05) is 17.4 Å².